The van der Waals surface area contributed by atoms with Crippen molar-refractivity contribution in [3.8, 4) is 5.75 Å². The Hall–Kier alpha value is -3.39. The van der Waals surface area contributed by atoms with Crippen molar-refractivity contribution in [2.24, 2.45) is 12.8 Å². The van der Waals surface area contributed by atoms with Crippen LogP contribution >= 0.6 is 0 Å². The summed E-state index contributed by atoms with van der Waals surface area (Å²) in [4.78, 5) is 40.0. The molecule has 1 aliphatic heterocycles. The van der Waals surface area contributed by atoms with E-state index in [1.165, 1.54) is 14.0 Å². The van der Waals surface area contributed by atoms with Crippen molar-refractivity contribution < 1.29 is 14.3 Å². The lowest BCUT2D eigenvalue weighted by molar-refractivity contribution is -0.151. The van der Waals surface area contributed by atoms with Crippen molar-refractivity contribution in [1.82, 2.24) is 14.0 Å². The lowest BCUT2D eigenvalue weighted by Crippen LogP contribution is -2.47. The van der Waals surface area contributed by atoms with Crippen LogP contribution < -0.4 is 16.2 Å². The summed E-state index contributed by atoms with van der Waals surface area (Å²) in [6.45, 7) is 0.525. The number of hydrogen-bond acceptors (Lipinski definition) is 5. The zero-order valence-electron chi connectivity index (χ0n) is 17.0. The van der Waals surface area contributed by atoms with Crippen LogP contribution in [0.5, 0.6) is 5.75 Å². The van der Waals surface area contributed by atoms with Gasteiger partial charge in [-0.15, -0.1) is 0 Å². The first-order valence-electron chi connectivity index (χ1n) is 9.81. The number of ether oxygens (including phenoxy) is 1. The third kappa shape index (κ3) is 3.29. The first kappa shape index (κ1) is 19.9. The van der Waals surface area contributed by atoms with E-state index in [2.05, 4.69) is 0 Å². The fourth-order valence-electron chi connectivity index (χ4n) is 3.98. The van der Waals surface area contributed by atoms with Gasteiger partial charge in [0.1, 0.15) is 11.8 Å². The second kappa shape index (κ2) is 7.79. The number of aromatic nitrogens is 2. The lowest BCUT2D eigenvalue weighted by atomic mass is 10.0. The van der Waals surface area contributed by atoms with Crippen LogP contribution in [0.25, 0.3) is 11.0 Å². The summed E-state index contributed by atoms with van der Waals surface area (Å²) in [7, 11) is 3.25. The number of methoxy groups -OCH3 is 1. The number of amides is 2. The van der Waals surface area contributed by atoms with Crippen molar-refractivity contribution in [3.63, 3.8) is 0 Å². The molecule has 3 aromatic rings. The van der Waals surface area contributed by atoms with Crippen LogP contribution in [-0.2, 0) is 29.7 Å². The quantitative estimate of drug-likeness (QED) is 0.648. The first-order valence-corrected chi connectivity index (χ1v) is 9.81. The van der Waals surface area contributed by atoms with Gasteiger partial charge in [-0.25, -0.2) is 4.79 Å². The number of carbonyl (C=O) groups excluding carboxylic acids is 2. The van der Waals surface area contributed by atoms with Crippen molar-refractivity contribution in [2.45, 2.75) is 32.0 Å². The van der Waals surface area contributed by atoms with Crippen LogP contribution in [-0.4, -0.2) is 33.0 Å². The maximum Gasteiger partial charge on any atom is 0.329 e. The standard InChI is InChI=1S/C22H24N4O4/c1-24-19-11-15(12-23)5-8-17(19)26(22(24)29)18-9-10-20(27)25(21(18)28)13-14-3-6-16(30-2)7-4-14/h3-8,11,18H,9-10,12-13,23H2,1-2H3. The Labute approximate surface area is 173 Å². The van der Waals surface area contributed by atoms with Crippen molar-refractivity contribution in [2.75, 3.05) is 7.11 Å². The molecule has 156 valence electrons. The summed E-state index contributed by atoms with van der Waals surface area (Å²) in [6.07, 6.45) is 0.505. The van der Waals surface area contributed by atoms with E-state index in [-0.39, 0.29) is 30.5 Å². The van der Waals surface area contributed by atoms with E-state index in [1.807, 2.05) is 30.3 Å². The maximum atomic E-state index is 13.3. The molecule has 1 fully saturated rings. The molecular weight excluding hydrogens is 384 g/mol. The zero-order chi connectivity index (χ0) is 21.4. The molecule has 1 aliphatic rings. The Morgan fingerprint density at radius 1 is 1.03 bits per heavy atom. The molecule has 1 atom stereocenters. The molecule has 0 bridgehead atoms. The molecule has 4 rings (SSSR count). The van der Waals surface area contributed by atoms with E-state index in [0.717, 1.165) is 11.1 Å². The van der Waals surface area contributed by atoms with Gasteiger partial charge in [-0.1, -0.05) is 18.2 Å². The molecule has 8 nitrogen and oxygen atoms in total. The van der Waals surface area contributed by atoms with Crippen LogP contribution in [0, 0.1) is 0 Å². The number of rotatable bonds is 5. The topological polar surface area (TPSA) is 99.6 Å². The second-order valence-corrected chi connectivity index (χ2v) is 7.46. The third-order valence-corrected chi connectivity index (χ3v) is 5.68. The minimum atomic E-state index is -0.721. The molecule has 0 spiro atoms. The molecule has 30 heavy (non-hydrogen) atoms. The first-order chi connectivity index (χ1) is 14.4. The molecule has 2 aromatic carbocycles. The summed E-state index contributed by atoms with van der Waals surface area (Å²) in [5.41, 5.74) is 8.54. The van der Waals surface area contributed by atoms with E-state index < -0.39 is 6.04 Å². The van der Waals surface area contributed by atoms with E-state index >= 15 is 0 Å². The molecule has 1 unspecified atom stereocenters. The van der Waals surface area contributed by atoms with Crippen molar-refractivity contribution in [3.05, 3.63) is 64.1 Å². The predicted octanol–water partition coefficient (Wildman–Crippen LogP) is 1.70. The van der Waals surface area contributed by atoms with Crippen LogP contribution in [0.1, 0.15) is 30.0 Å². The fraction of sp³-hybridized carbons (Fsp3) is 0.318. The number of imide groups is 1. The number of hydrogen-bond donors (Lipinski definition) is 1. The smallest absolute Gasteiger partial charge is 0.329 e. The number of benzene rings is 2. The Morgan fingerprint density at radius 2 is 1.73 bits per heavy atom. The van der Waals surface area contributed by atoms with Gasteiger partial charge in [0, 0.05) is 20.0 Å². The molecule has 1 aromatic heterocycles. The lowest BCUT2D eigenvalue weighted by Gasteiger charge is -2.31. The molecule has 0 radical (unpaired) electrons. The Morgan fingerprint density at radius 3 is 2.40 bits per heavy atom. The SMILES string of the molecule is COc1ccc(CN2C(=O)CCC(n3c(=O)n(C)c4cc(CN)ccc43)C2=O)cc1. The van der Waals surface area contributed by atoms with E-state index in [0.29, 0.717) is 29.7 Å². The number of nitrogens with zero attached hydrogens (tertiary/aromatic N) is 3. The minimum absolute atomic E-state index is 0.162. The van der Waals surface area contributed by atoms with E-state index in [9.17, 15) is 14.4 Å². The number of carbonyl (C=O) groups is 2. The minimum Gasteiger partial charge on any atom is -0.497 e. The number of imidazole rings is 1. The summed E-state index contributed by atoms with van der Waals surface area (Å²) in [5, 5.41) is 0. The van der Waals surface area contributed by atoms with Crippen molar-refractivity contribution >= 4 is 22.8 Å². The highest BCUT2D eigenvalue weighted by molar-refractivity contribution is 6.00. The maximum absolute atomic E-state index is 13.3. The monoisotopic (exact) mass is 408 g/mol. The van der Waals surface area contributed by atoms with Gasteiger partial charge in [0.15, 0.2) is 0 Å². The van der Waals surface area contributed by atoms with Gasteiger partial charge >= 0.3 is 5.69 Å². The van der Waals surface area contributed by atoms with E-state index in [4.69, 9.17) is 10.5 Å². The van der Waals surface area contributed by atoms with Gasteiger partial charge in [0.25, 0.3) is 5.91 Å². The summed E-state index contributed by atoms with van der Waals surface area (Å²) >= 11 is 0. The largest absolute Gasteiger partial charge is 0.497 e. The van der Waals surface area contributed by atoms with Crippen LogP contribution in [0.3, 0.4) is 0 Å². The number of aryl methyl sites for hydroxylation is 1. The van der Waals surface area contributed by atoms with E-state index in [1.54, 1.807) is 26.3 Å². The van der Waals surface area contributed by atoms with Gasteiger partial charge in [0.05, 0.1) is 24.7 Å². The highest BCUT2D eigenvalue weighted by Gasteiger charge is 2.37. The second-order valence-electron chi connectivity index (χ2n) is 7.46. The molecule has 1 saturated heterocycles. The third-order valence-electron chi connectivity index (χ3n) is 5.68. The average Bonchev–Trinajstić information content (AvgIpc) is 3.01. The number of nitrogens with two attached hydrogens (primary N) is 1. The zero-order valence-corrected chi connectivity index (χ0v) is 17.0. The Bertz CT molecular complexity index is 1180. The normalized spacial score (nSPS) is 17.0. The van der Waals surface area contributed by atoms with Crippen LogP contribution in [0.2, 0.25) is 0 Å². The van der Waals surface area contributed by atoms with Gasteiger partial charge in [-0.3, -0.25) is 23.6 Å². The average molecular weight is 408 g/mol. The van der Waals surface area contributed by atoms with Crippen LogP contribution in [0.15, 0.2) is 47.3 Å². The molecule has 2 N–H and O–H groups in total. The van der Waals surface area contributed by atoms with Crippen LogP contribution in [0.4, 0.5) is 0 Å². The fourth-order valence-corrected chi connectivity index (χ4v) is 3.98. The predicted molar refractivity (Wildman–Crippen MR) is 112 cm³/mol. The highest BCUT2D eigenvalue weighted by atomic mass is 16.5. The highest BCUT2D eigenvalue weighted by Crippen LogP contribution is 2.28. The Balaban J connectivity index is 1.70. The number of likely N-dealkylation sites (tertiary alicyclic amines) is 1. The molecule has 2 amide bonds. The number of fused-ring (bicyclic) bond motifs is 1. The molecule has 2 heterocycles. The summed E-state index contributed by atoms with van der Waals surface area (Å²) < 4.78 is 8.18. The summed E-state index contributed by atoms with van der Waals surface area (Å²) in [6, 6.07) is 12.0. The number of piperidine rings is 1. The Kier molecular flexibility index (Phi) is 5.17. The van der Waals surface area contributed by atoms with Gasteiger partial charge in [-0.2, -0.15) is 0 Å². The van der Waals surface area contributed by atoms with Crippen molar-refractivity contribution in [1.29, 1.82) is 0 Å². The summed E-state index contributed by atoms with van der Waals surface area (Å²) in [5.74, 6) is 0.109. The van der Waals surface area contributed by atoms with Gasteiger partial charge in [-0.05, 0) is 41.8 Å². The molecular formula is C22H24N4O4. The molecule has 0 aliphatic carbocycles. The van der Waals surface area contributed by atoms with Gasteiger partial charge < -0.3 is 10.5 Å². The molecule has 0 saturated carbocycles. The van der Waals surface area contributed by atoms with Gasteiger partial charge in [0.2, 0.25) is 5.91 Å². The molecule has 8 heteroatoms.